The Morgan fingerprint density at radius 3 is 2.95 bits per heavy atom. The van der Waals surface area contributed by atoms with Crippen LogP contribution in [0, 0.1) is 10.1 Å². The zero-order chi connectivity index (χ0) is 14.1. The summed E-state index contributed by atoms with van der Waals surface area (Å²) in [6, 6.07) is 8.59. The minimum absolute atomic E-state index is 0.0843. The first kappa shape index (κ1) is 12.2. The van der Waals surface area contributed by atoms with Gasteiger partial charge < -0.3 is 19.8 Å². The second kappa shape index (κ2) is 4.69. The van der Waals surface area contributed by atoms with Gasteiger partial charge in [0.05, 0.1) is 18.5 Å². The third kappa shape index (κ3) is 1.99. The number of nitro groups is 1. The van der Waals surface area contributed by atoms with E-state index in [1.165, 1.54) is 4.40 Å². The van der Waals surface area contributed by atoms with Gasteiger partial charge in [0.25, 0.3) is 0 Å². The van der Waals surface area contributed by atoms with Crippen molar-refractivity contribution < 1.29 is 9.34 Å². The van der Waals surface area contributed by atoms with Crippen LogP contribution in [0.5, 0.6) is 0 Å². The molecular formula is C13H12N4O3. The molecule has 3 aromatic heterocycles. The third-order valence-electron chi connectivity index (χ3n) is 3.00. The Hall–Kier alpha value is -2.83. The maximum absolute atomic E-state index is 11.2. The fourth-order valence-corrected chi connectivity index (χ4v) is 2.07. The molecule has 3 heterocycles. The molecule has 3 aromatic rings. The first-order valence-corrected chi connectivity index (χ1v) is 6.08. The number of anilines is 1. The zero-order valence-electron chi connectivity index (χ0n) is 10.7. The molecule has 0 saturated carbocycles. The molecule has 0 spiro atoms. The summed E-state index contributed by atoms with van der Waals surface area (Å²) in [6.45, 7) is 1.85. The van der Waals surface area contributed by atoms with Crippen LogP contribution in [-0.2, 0) is 0 Å². The van der Waals surface area contributed by atoms with Gasteiger partial charge in [0.15, 0.2) is 0 Å². The number of nitrogens with zero attached hydrogens (tertiary/aromatic N) is 3. The normalized spacial score (nSPS) is 12.4. The van der Waals surface area contributed by atoms with Crippen molar-refractivity contribution in [3.8, 4) is 0 Å². The Kier molecular flexibility index (Phi) is 2.86. The van der Waals surface area contributed by atoms with Crippen molar-refractivity contribution in [1.29, 1.82) is 0 Å². The number of furan rings is 1. The van der Waals surface area contributed by atoms with Gasteiger partial charge in [-0.1, -0.05) is 6.07 Å². The van der Waals surface area contributed by atoms with Gasteiger partial charge in [-0.15, -0.1) is 0 Å². The quantitative estimate of drug-likeness (QED) is 0.582. The van der Waals surface area contributed by atoms with Gasteiger partial charge >= 0.3 is 5.82 Å². The number of hydrogen-bond acceptors (Lipinski definition) is 5. The van der Waals surface area contributed by atoms with Crippen molar-refractivity contribution in [3.05, 3.63) is 58.7 Å². The van der Waals surface area contributed by atoms with Crippen molar-refractivity contribution in [1.82, 2.24) is 9.38 Å². The lowest BCUT2D eigenvalue weighted by Crippen LogP contribution is -2.07. The summed E-state index contributed by atoms with van der Waals surface area (Å²) in [4.78, 5) is 15.1. The Morgan fingerprint density at radius 1 is 1.40 bits per heavy atom. The Balaban J connectivity index is 2.02. The highest BCUT2D eigenvalue weighted by Gasteiger charge is 2.24. The van der Waals surface area contributed by atoms with Crippen LogP contribution in [-0.4, -0.2) is 14.3 Å². The van der Waals surface area contributed by atoms with Crippen LogP contribution in [0.15, 0.2) is 47.2 Å². The minimum Gasteiger partial charge on any atom is -0.467 e. The Labute approximate surface area is 114 Å². The number of imidazole rings is 1. The van der Waals surface area contributed by atoms with Crippen LogP contribution in [0.3, 0.4) is 0 Å². The lowest BCUT2D eigenvalue weighted by Gasteiger charge is -2.09. The van der Waals surface area contributed by atoms with E-state index in [1.807, 2.05) is 6.92 Å². The maximum atomic E-state index is 11.2. The second-order valence-electron chi connectivity index (χ2n) is 4.35. The van der Waals surface area contributed by atoms with Crippen LogP contribution >= 0.6 is 0 Å². The molecule has 0 aliphatic carbocycles. The van der Waals surface area contributed by atoms with Gasteiger partial charge in [0.1, 0.15) is 5.76 Å². The third-order valence-corrected chi connectivity index (χ3v) is 3.00. The first-order chi connectivity index (χ1) is 9.66. The molecule has 0 aliphatic heterocycles. The van der Waals surface area contributed by atoms with E-state index in [9.17, 15) is 10.1 Å². The molecule has 102 valence electrons. The number of fused-ring (bicyclic) bond motifs is 1. The van der Waals surface area contributed by atoms with Gasteiger partial charge in [-0.2, -0.15) is 9.38 Å². The van der Waals surface area contributed by atoms with Crippen molar-refractivity contribution in [2.24, 2.45) is 0 Å². The van der Waals surface area contributed by atoms with Crippen LogP contribution in [0.25, 0.3) is 5.65 Å². The van der Waals surface area contributed by atoms with E-state index in [1.54, 1.807) is 42.8 Å². The maximum Gasteiger partial charge on any atom is 0.372 e. The van der Waals surface area contributed by atoms with Crippen molar-refractivity contribution in [2.45, 2.75) is 13.0 Å². The van der Waals surface area contributed by atoms with Crippen LogP contribution in [0.2, 0.25) is 0 Å². The number of hydrogen-bond donors (Lipinski definition) is 1. The molecule has 0 radical (unpaired) electrons. The van der Waals surface area contributed by atoms with E-state index in [0.717, 1.165) is 0 Å². The van der Waals surface area contributed by atoms with Gasteiger partial charge in [-0.05, 0) is 30.0 Å². The minimum atomic E-state index is -0.447. The van der Waals surface area contributed by atoms with E-state index in [-0.39, 0.29) is 17.7 Å². The average Bonchev–Trinajstić information content (AvgIpc) is 3.05. The van der Waals surface area contributed by atoms with E-state index in [2.05, 4.69) is 10.3 Å². The van der Waals surface area contributed by atoms with E-state index >= 15 is 0 Å². The highest BCUT2D eigenvalue weighted by molar-refractivity contribution is 5.62. The molecule has 20 heavy (non-hydrogen) atoms. The van der Waals surface area contributed by atoms with Gasteiger partial charge in [0, 0.05) is 6.07 Å². The van der Waals surface area contributed by atoms with Gasteiger partial charge in [-0.25, -0.2) is 0 Å². The Bertz CT molecular complexity index is 748. The summed E-state index contributed by atoms with van der Waals surface area (Å²) in [5, 5.41) is 14.3. The lowest BCUT2D eigenvalue weighted by molar-refractivity contribution is -0.389. The summed E-state index contributed by atoms with van der Waals surface area (Å²) in [5.41, 5.74) is 0.522. The highest BCUT2D eigenvalue weighted by Crippen LogP contribution is 2.28. The smallest absolute Gasteiger partial charge is 0.372 e. The Morgan fingerprint density at radius 2 is 2.25 bits per heavy atom. The summed E-state index contributed by atoms with van der Waals surface area (Å²) in [5.74, 6) is 0.834. The number of pyridine rings is 1. The summed E-state index contributed by atoms with van der Waals surface area (Å²) in [6.07, 6.45) is 3.18. The summed E-state index contributed by atoms with van der Waals surface area (Å²) in [7, 11) is 0. The zero-order valence-corrected chi connectivity index (χ0v) is 10.7. The molecule has 0 bridgehead atoms. The fourth-order valence-electron chi connectivity index (χ4n) is 2.07. The fraction of sp³-hybridized carbons (Fsp3) is 0.154. The summed E-state index contributed by atoms with van der Waals surface area (Å²) < 4.78 is 6.72. The predicted octanol–water partition coefficient (Wildman–Crippen LogP) is 3.01. The standard InChI is InChI=1S/C13H12N4O3/c1-9(10-5-4-8-20-10)14-12-13(17(18)19)16-7-3-2-6-11(16)15-12/h2-9,14H,1H3. The molecule has 7 heteroatoms. The molecular weight excluding hydrogens is 260 g/mol. The predicted molar refractivity (Wildman–Crippen MR) is 72.6 cm³/mol. The van der Waals surface area contributed by atoms with Crippen LogP contribution in [0.4, 0.5) is 11.6 Å². The second-order valence-corrected chi connectivity index (χ2v) is 4.35. The largest absolute Gasteiger partial charge is 0.467 e. The van der Waals surface area contributed by atoms with Crippen LogP contribution in [0.1, 0.15) is 18.7 Å². The SMILES string of the molecule is CC(Nc1nc2ccccn2c1[N+](=O)[O-])c1ccco1. The molecule has 0 aliphatic rings. The summed E-state index contributed by atoms with van der Waals surface area (Å²) >= 11 is 0. The van der Waals surface area contributed by atoms with Crippen molar-refractivity contribution >= 4 is 17.3 Å². The van der Waals surface area contributed by atoms with E-state index < -0.39 is 4.92 Å². The molecule has 7 nitrogen and oxygen atoms in total. The molecule has 1 atom stereocenters. The van der Waals surface area contributed by atoms with E-state index in [4.69, 9.17) is 4.42 Å². The number of rotatable bonds is 4. The van der Waals surface area contributed by atoms with Crippen LogP contribution < -0.4 is 5.32 Å². The molecule has 0 fully saturated rings. The molecule has 1 unspecified atom stereocenters. The molecule has 1 N–H and O–H groups in total. The first-order valence-electron chi connectivity index (χ1n) is 6.08. The van der Waals surface area contributed by atoms with Gasteiger partial charge in [0.2, 0.25) is 11.5 Å². The highest BCUT2D eigenvalue weighted by atomic mass is 16.6. The topological polar surface area (TPSA) is 85.6 Å². The monoisotopic (exact) mass is 272 g/mol. The van der Waals surface area contributed by atoms with Gasteiger partial charge in [-0.3, -0.25) is 0 Å². The average molecular weight is 272 g/mol. The molecule has 0 aromatic carbocycles. The van der Waals surface area contributed by atoms with Crippen molar-refractivity contribution in [3.63, 3.8) is 0 Å². The van der Waals surface area contributed by atoms with Crippen molar-refractivity contribution in [2.75, 3.05) is 5.32 Å². The number of aromatic nitrogens is 2. The lowest BCUT2D eigenvalue weighted by atomic mass is 10.2. The molecule has 3 rings (SSSR count). The molecule has 0 amide bonds. The molecule has 0 saturated heterocycles. The number of nitrogens with one attached hydrogen (secondary N) is 1. The van der Waals surface area contributed by atoms with E-state index in [0.29, 0.717) is 11.4 Å².